The molecule has 19 heavy (non-hydrogen) atoms. The van der Waals surface area contributed by atoms with E-state index in [0.29, 0.717) is 17.9 Å². The molecule has 1 N–H and O–H groups in total. The van der Waals surface area contributed by atoms with Crippen LogP contribution in [0.2, 0.25) is 0 Å². The highest BCUT2D eigenvalue weighted by Gasteiger charge is 2.14. The molecule has 0 aromatic heterocycles. The van der Waals surface area contributed by atoms with E-state index in [1.807, 2.05) is 0 Å². The highest BCUT2D eigenvalue weighted by Crippen LogP contribution is 2.21. The smallest absolute Gasteiger partial charge is 0.343 e. The zero-order chi connectivity index (χ0) is 14.5. The molecule has 0 unspecified atom stereocenters. The number of aryl methyl sites for hydroxylation is 1. The number of carbonyl (C=O) groups excluding carboxylic acids is 1. The van der Waals surface area contributed by atoms with E-state index in [9.17, 15) is 13.2 Å². The normalized spacial score (nSPS) is 11.1. The molecule has 1 aromatic carbocycles. The van der Waals surface area contributed by atoms with Crippen LogP contribution in [0.5, 0.6) is 5.75 Å². The van der Waals surface area contributed by atoms with E-state index in [2.05, 4.69) is 9.46 Å². The van der Waals surface area contributed by atoms with Crippen molar-refractivity contribution in [1.82, 2.24) is 4.72 Å². The van der Waals surface area contributed by atoms with Crippen LogP contribution in [0, 0.1) is 6.92 Å². The highest BCUT2D eigenvalue weighted by molar-refractivity contribution is 7.89. The molecule has 0 heterocycles. The van der Waals surface area contributed by atoms with Crippen LogP contribution in [-0.2, 0) is 19.6 Å². The maximum Gasteiger partial charge on any atom is 0.343 e. The van der Waals surface area contributed by atoms with Gasteiger partial charge < -0.3 is 9.47 Å². The Morgan fingerprint density at radius 3 is 2.58 bits per heavy atom. The Labute approximate surface area is 112 Å². The number of benzene rings is 1. The maximum absolute atomic E-state index is 11.8. The van der Waals surface area contributed by atoms with Gasteiger partial charge in [0.05, 0.1) is 12.0 Å². The topological polar surface area (TPSA) is 81.7 Å². The predicted octanol–water partition coefficient (Wildman–Crippen LogP) is 0.845. The molecule has 0 radical (unpaired) electrons. The van der Waals surface area contributed by atoms with Crippen LogP contribution in [0.3, 0.4) is 0 Å². The Bertz CT molecular complexity index is 553. The van der Waals surface area contributed by atoms with Gasteiger partial charge in [0.2, 0.25) is 10.0 Å². The van der Waals surface area contributed by atoms with E-state index >= 15 is 0 Å². The number of carbonyl (C=O) groups is 1. The van der Waals surface area contributed by atoms with Gasteiger partial charge >= 0.3 is 5.97 Å². The minimum atomic E-state index is -3.48. The van der Waals surface area contributed by atoms with Crippen molar-refractivity contribution in [3.05, 3.63) is 23.8 Å². The molecule has 106 valence electrons. The van der Waals surface area contributed by atoms with E-state index in [4.69, 9.17) is 4.74 Å². The minimum absolute atomic E-state index is 0.164. The lowest BCUT2D eigenvalue weighted by molar-refractivity contribution is -0.142. The molecule has 0 aliphatic carbocycles. The molecule has 7 heteroatoms. The monoisotopic (exact) mass is 287 g/mol. The summed E-state index contributed by atoms with van der Waals surface area (Å²) in [5, 5.41) is 0. The zero-order valence-electron chi connectivity index (χ0n) is 11.1. The number of methoxy groups -OCH3 is 1. The minimum Gasteiger partial charge on any atom is -0.482 e. The lowest BCUT2D eigenvalue weighted by atomic mass is 10.2. The average Bonchev–Trinajstić information content (AvgIpc) is 2.36. The number of sulfonamides is 1. The van der Waals surface area contributed by atoms with Gasteiger partial charge in [0.1, 0.15) is 5.75 Å². The van der Waals surface area contributed by atoms with Crippen LogP contribution in [0.25, 0.3) is 0 Å². The first-order valence-electron chi connectivity index (χ1n) is 5.70. The van der Waals surface area contributed by atoms with Crippen molar-refractivity contribution in [2.45, 2.75) is 18.7 Å². The maximum atomic E-state index is 11.8. The van der Waals surface area contributed by atoms with Crippen molar-refractivity contribution in [1.29, 1.82) is 0 Å². The fourth-order valence-corrected chi connectivity index (χ4v) is 2.55. The Morgan fingerprint density at radius 2 is 2.05 bits per heavy atom. The Hall–Kier alpha value is -1.60. The fourth-order valence-electron chi connectivity index (χ4n) is 1.42. The summed E-state index contributed by atoms with van der Waals surface area (Å²) >= 11 is 0. The summed E-state index contributed by atoms with van der Waals surface area (Å²) in [6, 6.07) is 4.44. The first-order valence-corrected chi connectivity index (χ1v) is 7.19. The van der Waals surface area contributed by atoms with Gasteiger partial charge in [-0.05, 0) is 30.7 Å². The number of esters is 1. The van der Waals surface area contributed by atoms with Crippen LogP contribution in [0.4, 0.5) is 0 Å². The van der Waals surface area contributed by atoms with Crippen molar-refractivity contribution < 1.29 is 22.7 Å². The van der Waals surface area contributed by atoms with Gasteiger partial charge in [0, 0.05) is 6.54 Å². The first-order chi connectivity index (χ1) is 8.90. The molecule has 0 saturated carbocycles. The lowest BCUT2D eigenvalue weighted by Gasteiger charge is -2.10. The van der Waals surface area contributed by atoms with Crippen LogP contribution >= 0.6 is 0 Å². The van der Waals surface area contributed by atoms with Crippen molar-refractivity contribution in [2.75, 3.05) is 20.3 Å². The standard InChI is InChI=1S/C12H17NO5S/c1-4-13-19(15,16)10-5-6-11(9(2)7-10)18-8-12(14)17-3/h5-7,13H,4,8H2,1-3H3. The first kappa shape index (κ1) is 15.5. The second kappa shape index (κ2) is 6.53. The van der Waals surface area contributed by atoms with Gasteiger partial charge in [-0.3, -0.25) is 0 Å². The number of rotatable bonds is 6. The summed E-state index contributed by atoms with van der Waals surface area (Å²) in [6.07, 6.45) is 0. The zero-order valence-corrected chi connectivity index (χ0v) is 11.9. The van der Waals surface area contributed by atoms with Gasteiger partial charge in [-0.15, -0.1) is 0 Å². The fraction of sp³-hybridized carbons (Fsp3) is 0.417. The molecule has 0 fully saturated rings. The molecule has 1 rings (SSSR count). The molecule has 0 spiro atoms. The second-order valence-electron chi connectivity index (χ2n) is 3.79. The van der Waals surface area contributed by atoms with Crippen molar-refractivity contribution >= 4 is 16.0 Å². The molecule has 0 amide bonds. The largest absolute Gasteiger partial charge is 0.482 e. The van der Waals surface area contributed by atoms with E-state index in [-0.39, 0.29) is 11.5 Å². The summed E-state index contributed by atoms with van der Waals surface area (Å²) in [7, 11) is -2.21. The van der Waals surface area contributed by atoms with Crippen LogP contribution in [-0.4, -0.2) is 34.6 Å². The number of hydrogen-bond donors (Lipinski definition) is 1. The molecular weight excluding hydrogens is 270 g/mol. The Balaban J connectivity index is 2.89. The van der Waals surface area contributed by atoms with Crippen LogP contribution < -0.4 is 9.46 Å². The molecule has 6 nitrogen and oxygen atoms in total. The van der Waals surface area contributed by atoms with E-state index in [1.165, 1.54) is 25.3 Å². The van der Waals surface area contributed by atoms with Gasteiger partial charge in [-0.25, -0.2) is 17.9 Å². The highest BCUT2D eigenvalue weighted by atomic mass is 32.2. The van der Waals surface area contributed by atoms with Gasteiger partial charge in [0.15, 0.2) is 6.61 Å². The molecule has 0 aliphatic rings. The summed E-state index contributed by atoms with van der Waals surface area (Å²) in [5.74, 6) is -0.0513. The molecule has 1 aromatic rings. The van der Waals surface area contributed by atoms with Gasteiger partial charge in [-0.2, -0.15) is 0 Å². The number of hydrogen-bond acceptors (Lipinski definition) is 5. The Morgan fingerprint density at radius 1 is 1.37 bits per heavy atom. The van der Waals surface area contributed by atoms with E-state index in [0.717, 1.165) is 0 Å². The average molecular weight is 287 g/mol. The van der Waals surface area contributed by atoms with Crippen molar-refractivity contribution in [2.24, 2.45) is 0 Å². The molecule has 0 aliphatic heterocycles. The summed E-state index contributed by atoms with van der Waals surface area (Å²) < 4.78 is 35.6. The quantitative estimate of drug-likeness (QED) is 0.784. The molecule has 0 saturated heterocycles. The third kappa shape index (κ3) is 4.22. The number of ether oxygens (including phenoxy) is 2. The van der Waals surface area contributed by atoms with E-state index in [1.54, 1.807) is 13.8 Å². The van der Waals surface area contributed by atoms with Gasteiger partial charge in [-0.1, -0.05) is 6.92 Å². The van der Waals surface area contributed by atoms with Crippen LogP contribution in [0.15, 0.2) is 23.1 Å². The summed E-state index contributed by atoms with van der Waals surface area (Å²) in [5.41, 5.74) is 0.628. The van der Waals surface area contributed by atoms with Crippen LogP contribution in [0.1, 0.15) is 12.5 Å². The molecule has 0 bridgehead atoms. The van der Waals surface area contributed by atoms with Gasteiger partial charge in [0.25, 0.3) is 0 Å². The Kier molecular flexibility index (Phi) is 5.31. The lowest BCUT2D eigenvalue weighted by Crippen LogP contribution is -2.23. The summed E-state index contributed by atoms with van der Waals surface area (Å²) in [4.78, 5) is 11.1. The third-order valence-electron chi connectivity index (χ3n) is 2.36. The molecular formula is C12H17NO5S. The second-order valence-corrected chi connectivity index (χ2v) is 5.56. The summed E-state index contributed by atoms with van der Waals surface area (Å²) in [6.45, 7) is 3.52. The molecule has 0 atom stereocenters. The van der Waals surface area contributed by atoms with Crippen molar-refractivity contribution in [3.8, 4) is 5.75 Å². The number of nitrogens with one attached hydrogen (secondary N) is 1. The SMILES string of the molecule is CCNS(=O)(=O)c1ccc(OCC(=O)OC)c(C)c1. The predicted molar refractivity (Wildman–Crippen MR) is 69.6 cm³/mol. The van der Waals surface area contributed by atoms with E-state index < -0.39 is 16.0 Å². The third-order valence-corrected chi connectivity index (χ3v) is 3.91. The van der Waals surface area contributed by atoms with Crippen molar-refractivity contribution in [3.63, 3.8) is 0 Å².